The number of hydrogen-bond donors (Lipinski definition) is 0. The zero-order valence-corrected chi connectivity index (χ0v) is 12.6. The highest BCUT2D eigenvalue weighted by Gasteiger charge is 2.40. The maximum Gasteiger partial charge on any atom is 0.310 e. The predicted molar refractivity (Wildman–Crippen MR) is 78.4 cm³/mol. The molecule has 2 aliphatic rings. The Kier molecular flexibility index (Phi) is 4.31. The molecular weight excluding hydrogens is 289 g/mol. The Bertz CT molecular complexity index is 547. The molecule has 1 spiro atoms. The maximum absolute atomic E-state index is 14.3. The first-order valence-electron chi connectivity index (χ1n) is 7.65. The summed E-state index contributed by atoms with van der Waals surface area (Å²) in [5.74, 6) is -0.985. The van der Waals surface area contributed by atoms with Crippen molar-refractivity contribution in [3.8, 4) is 5.75 Å². The van der Waals surface area contributed by atoms with E-state index in [0.717, 1.165) is 12.8 Å². The molecule has 0 N–H and O–H groups in total. The summed E-state index contributed by atoms with van der Waals surface area (Å²) in [6.45, 7) is 4.30. The van der Waals surface area contributed by atoms with Gasteiger partial charge in [-0.05, 0) is 12.1 Å². The second-order valence-electron chi connectivity index (χ2n) is 5.54. The molecule has 6 heteroatoms. The monoisotopic (exact) mass is 309 g/mol. The first-order valence-corrected chi connectivity index (χ1v) is 7.65. The maximum atomic E-state index is 14.3. The van der Waals surface area contributed by atoms with Gasteiger partial charge in [0.15, 0.2) is 5.79 Å². The molecule has 2 heterocycles. The minimum absolute atomic E-state index is 0.240. The number of benzene rings is 1. The molecule has 0 radical (unpaired) electrons. The summed E-state index contributed by atoms with van der Waals surface area (Å²) in [5.41, 5.74) is 0.518. The van der Waals surface area contributed by atoms with Crippen LogP contribution in [-0.2, 0) is 14.3 Å². The minimum atomic E-state index is -0.469. The zero-order chi connectivity index (χ0) is 15.6. The van der Waals surface area contributed by atoms with E-state index >= 15 is 0 Å². The molecule has 2 aliphatic heterocycles. The lowest BCUT2D eigenvalue weighted by Gasteiger charge is -2.38. The number of rotatable bonds is 3. The third kappa shape index (κ3) is 3.08. The first kappa shape index (κ1) is 15.2. The van der Waals surface area contributed by atoms with Gasteiger partial charge in [-0.15, -0.1) is 0 Å². The van der Waals surface area contributed by atoms with E-state index in [9.17, 15) is 9.18 Å². The highest BCUT2D eigenvalue weighted by molar-refractivity contribution is 5.72. The fourth-order valence-corrected chi connectivity index (χ4v) is 2.89. The number of carbonyl (C=O) groups excluding carboxylic acids is 1. The quantitative estimate of drug-likeness (QED) is 0.634. The van der Waals surface area contributed by atoms with Gasteiger partial charge in [-0.1, -0.05) is 6.92 Å². The van der Waals surface area contributed by atoms with E-state index in [1.807, 2.05) is 4.90 Å². The molecule has 1 aromatic carbocycles. The van der Waals surface area contributed by atoms with Crippen LogP contribution in [0.5, 0.6) is 5.75 Å². The van der Waals surface area contributed by atoms with Gasteiger partial charge in [-0.3, -0.25) is 4.79 Å². The van der Waals surface area contributed by atoms with Gasteiger partial charge in [0.05, 0.1) is 18.9 Å². The van der Waals surface area contributed by atoms with Gasteiger partial charge in [0, 0.05) is 38.4 Å². The molecule has 0 saturated carbocycles. The lowest BCUT2D eigenvalue weighted by molar-refractivity contribution is -0.169. The van der Waals surface area contributed by atoms with Crippen LogP contribution in [0.2, 0.25) is 0 Å². The van der Waals surface area contributed by atoms with Gasteiger partial charge in [0.25, 0.3) is 0 Å². The van der Waals surface area contributed by atoms with E-state index in [4.69, 9.17) is 14.2 Å². The number of nitrogens with zero attached hydrogens (tertiary/aromatic N) is 1. The molecule has 5 nitrogen and oxygen atoms in total. The van der Waals surface area contributed by atoms with Gasteiger partial charge in [-0.25, -0.2) is 4.39 Å². The molecule has 2 fully saturated rings. The molecule has 2 saturated heterocycles. The van der Waals surface area contributed by atoms with Crippen molar-refractivity contribution in [1.82, 2.24) is 0 Å². The smallest absolute Gasteiger partial charge is 0.310 e. The Morgan fingerprint density at radius 3 is 2.59 bits per heavy atom. The fourth-order valence-electron chi connectivity index (χ4n) is 2.89. The van der Waals surface area contributed by atoms with Crippen LogP contribution in [0.4, 0.5) is 10.1 Å². The molecule has 22 heavy (non-hydrogen) atoms. The van der Waals surface area contributed by atoms with Crippen LogP contribution < -0.4 is 9.64 Å². The van der Waals surface area contributed by atoms with Crippen molar-refractivity contribution >= 4 is 11.7 Å². The number of piperidine rings is 1. The summed E-state index contributed by atoms with van der Waals surface area (Å²) in [4.78, 5) is 13.2. The molecular formula is C16H20FNO4. The lowest BCUT2D eigenvalue weighted by Crippen LogP contribution is -2.45. The Balaban J connectivity index is 1.66. The summed E-state index contributed by atoms with van der Waals surface area (Å²) in [7, 11) is 0. The number of hydrogen-bond acceptors (Lipinski definition) is 5. The highest BCUT2D eigenvalue weighted by atomic mass is 19.1. The van der Waals surface area contributed by atoms with E-state index in [2.05, 4.69) is 0 Å². The number of esters is 1. The molecule has 0 aromatic heterocycles. The van der Waals surface area contributed by atoms with Crippen molar-refractivity contribution < 1.29 is 23.4 Å². The predicted octanol–water partition coefficient (Wildman–Crippen LogP) is 2.48. The van der Waals surface area contributed by atoms with Crippen LogP contribution in [0, 0.1) is 5.82 Å². The van der Waals surface area contributed by atoms with Crippen molar-refractivity contribution in [3.05, 3.63) is 24.0 Å². The van der Waals surface area contributed by atoms with Crippen molar-refractivity contribution in [1.29, 1.82) is 0 Å². The molecule has 0 amide bonds. The molecule has 3 rings (SSSR count). The Hall–Kier alpha value is -1.66. The van der Waals surface area contributed by atoms with E-state index in [-0.39, 0.29) is 24.0 Å². The first-order chi connectivity index (χ1) is 10.6. The van der Waals surface area contributed by atoms with Crippen molar-refractivity contribution in [2.45, 2.75) is 32.0 Å². The standard InChI is InChI=1S/C16H20FNO4/c1-2-15(19)22-12-3-4-14(13(17)11-12)18-7-5-16(6-8-18)20-9-10-21-16/h3-4,11H,2,5-10H2,1H3. The van der Waals surface area contributed by atoms with Crippen LogP contribution in [-0.4, -0.2) is 38.1 Å². The Morgan fingerprint density at radius 1 is 1.32 bits per heavy atom. The summed E-state index contributed by atoms with van der Waals surface area (Å²) in [6, 6.07) is 4.54. The number of anilines is 1. The molecule has 0 aliphatic carbocycles. The number of carbonyl (C=O) groups is 1. The summed E-state index contributed by atoms with van der Waals surface area (Å²) in [5, 5.41) is 0. The van der Waals surface area contributed by atoms with Gasteiger partial charge in [0.1, 0.15) is 11.6 Å². The molecule has 1 aromatic rings. The molecule has 0 unspecified atom stereocenters. The summed E-state index contributed by atoms with van der Waals surface area (Å²) < 4.78 is 30.6. The highest BCUT2D eigenvalue weighted by Crippen LogP contribution is 2.34. The van der Waals surface area contributed by atoms with Crippen LogP contribution in [0.1, 0.15) is 26.2 Å². The number of ether oxygens (including phenoxy) is 3. The van der Waals surface area contributed by atoms with E-state index in [1.54, 1.807) is 19.1 Å². The topological polar surface area (TPSA) is 48.0 Å². The third-order valence-electron chi connectivity index (χ3n) is 4.12. The number of halogens is 1. The third-order valence-corrected chi connectivity index (χ3v) is 4.12. The second-order valence-corrected chi connectivity index (χ2v) is 5.54. The molecule has 0 atom stereocenters. The fraction of sp³-hybridized carbons (Fsp3) is 0.562. The van der Waals surface area contributed by atoms with E-state index in [0.29, 0.717) is 32.0 Å². The van der Waals surface area contributed by atoms with E-state index < -0.39 is 5.79 Å². The summed E-state index contributed by atoms with van der Waals surface area (Å²) >= 11 is 0. The SMILES string of the molecule is CCC(=O)Oc1ccc(N2CCC3(CC2)OCCO3)c(F)c1. The van der Waals surface area contributed by atoms with Crippen LogP contribution in [0.3, 0.4) is 0 Å². The molecule has 0 bridgehead atoms. The van der Waals surface area contributed by atoms with Crippen molar-refractivity contribution in [2.75, 3.05) is 31.2 Å². The van der Waals surface area contributed by atoms with E-state index in [1.165, 1.54) is 6.07 Å². The van der Waals surface area contributed by atoms with Gasteiger partial charge in [0.2, 0.25) is 0 Å². The van der Waals surface area contributed by atoms with Crippen molar-refractivity contribution in [2.24, 2.45) is 0 Å². The van der Waals surface area contributed by atoms with Gasteiger partial charge in [-0.2, -0.15) is 0 Å². The summed E-state index contributed by atoms with van der Waals surface area (Å²) in [6.07, 6.45) is 1.70. The largest absolute Gasteiger partial charge is 0.426 e. The van der Waals surface area contributed by atoms with Gasteiger partial charge < -0.3 is 19.1 Å². The minimum Gasteiger partial charge on any atom is -0.426 e. The zero-order valence-electron chi connectivity index (χ0n) is 12.6. The average molecular weight is 309 g/mol. The second kappa shape index (κ2) is 6.22. The van der Waals surface area contributed by atoms with Crippen LogP contribution in [0.15, 0.2) is 18.2 Å². The molecule has 120 valence electrons. The average Bonchev–Trinajstić information content (AvgIpc) is 2.97. The Morgan fingerprint density at radius 2 is 2.00 bits per heavy atom. The van der Waals surface area contributed by atoms with Crippen LogP contribution >= 0.6 is 0 Å². The van der Waals surface area contributed by atoms with Gasteiger partial charge >= 0.3 is 5.97 Å². The lowest BCUT2D eigenvalue weighted by atomic mass is 10.0. The van der Waals surface area contributed by atoms with Crippen molar-refractivity contribution in [3.63, 3.8) is 0 Å². The van der Waals surface area contributed by atoms with Crippen LogP contribution in [0.25, 0.3) is 0 Å². The Labute approximate surface area is 128 Å². The normalized spacial score (nSPS) is 20.4.